The van der Waals surface area contributed by atoms with Crippen molar-refractivity contribution in [2.45, 2.75) is 6.92 Å². The maximum Gasteiger partial charge on any atom is 0.255 e. The standard InChI is InChI=1S/C21H17BrN2O2/c1-14-10-11-16(12-19(14)22)21(26)24-18-9-5-8-17(13-18)23-20(25)15-6-3-2-4-7-15/h2-13H,1H3,(H,23,25)(H,24,26). The van der Waals surface area contributed by atoms with E-state index in [9.17, 15) is 9.59 Å². The number of hydrogen-bond acceptors (Lipinski definition) is 2. The predicted octanol–water partition coefficient (Wildman–Crippen LogP) is 5.26. The van der Waals surface area contributed by atoms with Gasteiger partial charge in [-0.15, -0.1) is 0 Å². The molecule has 0 unspecified atom stereocenters. The number of aryl methyl sites for hydroxylation is 1. The minimum atomic E-state index is -0.211. The molecule has 0 spiro atoms. The van der Waals surface area contributed by atoms with Gasteiger partial charge in [-0.1, -0.05) is 46.3 Å². The molecule has 0 fully saturated rings. The summed E-state index contributed by atoms with van der Waals surface area (Å²) in [7, 11) is 0. The van der Waals surface area contributed by atoms with Crippen LogP contribution in [0.3, 0.4) is 0 Å². The zero-order valence-electron chi connectivity index (χ0n) is 14.1. The maximum absolute atomic E-state index is 12.4. The van der Waals surface area contributed by atoms with Crippen molar-refractivity contribution >= 4 is 39.1 Å². The van der Waals surface area contributed by atoms with Gasteiger partial charge >= 0.3 is 0 Å². The third-order valence-corrected chi connectivity index (χ3v) is 4.70. The smallest absolute Gasteiger partial charge is 0.255 e. The van der Waals surface area contributed by atoms with Crippen LogP contribution in [-0.4, -0.2) is 11.8 Å². The normalized spacial score (nSPS) is 10.2. The topological polar surface area (TPSA) is 58.2 Å². The van der Waals surface area contributed by atoms with Crippen LogP contribution in [0.2, 0.25) is 0 Å². The summed E-state index contributed by atoms with van der Waals surface area (Å²) in [5, 5.41) is 5.68. The number of nitrogens with one attached hydrogen (secondary N) is 2. The molecule has 5 heteroatoms. The second-order valence-corrected chi connectivity index (χ2v) is 6.67. The molecule has 3 rings (SSSR count). The molecule has 0 aliphatic heterocycles. The van der Waals surface area contributed by atoms with E-state index in [1.54, 1.807) is 48.5 Å². The van der Waals surface area contributed by atoms with Gasteiger partial charge in [-0.3, -0.25) is 9.59 Å². The molecular formula is C21H17BrN2O2. The Morgan fingerprint density at radius 3 is 1.96 bits per heavy atom. The second-order valence-electron chi connectivity index (χ2n) is 5.82. The summed E-state index contributed by atoms with van der Waals surface area (Å²) < 4.78 is 0.883. The van der Waals surface area contributed by atoms with E-state index < -0.39 is 0 Å². The molecule has 130 valence electrons. The van der Waals surface area contributed by atoms with Crippen LogP contribution in [-0.2, 0) is 0 Å². The van der Waals surface area contributed by atoms with Gasteiger partial charge in [0.15, 0.2) is 0 Å². The summed E-state index contributed by atoms with van der Waals surface area (Å²) in [4.78, 5) is 24.6. The molecule has 0 bridgehead atoms. The highest BCUT2D eigenvalue weighted by Crippen LogP contribution is 2.20. The monoisotopic (exact) mass is 408 g/mol. The van der Waals surface area contributed by atoms with Gasteiger partial charge < -0.3 is 10.6 Å². The minimum Gasteiger partial charge on any atom is -0.322 e. The van der Waals surface area contributed by atoms with Gasteiger partial charge in [0.1, 0.15) is 0 Å². The third-order valence-electron chi connectivity index (χ3n) is 3.85. The quantitative estimate of drug-likeness (QED) is 0.618. The Labute approximate surface area is 160 Å². The fraction of sp³-hybridized carbons (Fsp3) is 0.0476. The van der Waals surface area contributed by atoms with Gasteiger partial charge in [0.25, 0.3) is 11.8 Å². The number of anilines is 2. The van der Waals surface area contributed by atoms with Gasteiger partial charge in [0, 0.05) is 27.0 Å². The van der Waals surface area contributed by atoms with Gasteiger partial charge in [-0.05, 0) is 55.0 Å². The first-order valence-corrected chi connectivity index (χ1v) is 8.86. The zero-order valence-corrected chi connectivity index (χ0v) is 15.7. The van der Waals surface area contributed by atoms with Crippen molar-refractivity contribution in [3.63, 3.8) is 0 Å². The Morgan fingerprint density at radius 1 is 0.731 bits per heavy atom. The SMILES string of the molecule is Cc1ccc(C(=O)Nc2cccc(NC(=O)c3ccccc3)c2)cc1Br. The van der Waals surface area contributed by atoms with E-state index in [0.717, 1.165) is 10.0 Å². The lowest BCUT2D eigenvalue weighted by Crippen LogP contribution is -2.14. The van der Waals surface area contributed by atoms with Crippen molar-refractivity contribution in [1.29, 1.82) is 0 Å². The third kappa shape index (κ3) is 4.37. The van der Waals surface area contributed by atoms with Crippen LogP contribution >= 0.6 is 15.9 Å². The molecule has 3 aromatic rings. The van der Waals surface area contributed by atoms with Gasteiger partial charge in [-0.2, -0.15) is 0 Å². The fourth-order valence-corrected chi connectivity index (χ4v) is 2.78. The van der Waals surface area contributed by atoms with Crippen molar-refractivity contribution < 1.29 is 9.59 Å². The summed E-state index contributed by atoms with van der Waals surface area (Å²) in [6.45, 7) is 1.96. The Balaban J connectivity index is 1.72. The number of hydrogen-bond donors (Lipinski definition) is 2. The van der Waals surface area contributed by atoms with Crippen molar-refractivity contribution in [2.75, 3.05) is 10.6 Å². The van der Waals surface area contributed by atoms with Crippen molar-refractivity contribution in [3.05, 3.63) is 94.0 Å². The van der Waals surface area contributed by atoms with Crippen LogP contribution in [0, 0.1) is 6.92 Å². The number of carbonyl (C=O) groups excluding carboxylic acids is 2. The molecule has 2 N–H and O–H groups in total. The highest BCUT2D eigenvalue weighted by atomic mass is 79.9. The molecule has 26 heavy (non-hydrogen) atoms. The number of benzene rings is 3. The summed E-state index contributed by atoms with van der Waals surface area (Å²) in [6, 6.07) is 21.5. The maximum atomic E-state index is 12.4. The zero-order chi connectivity index (χ0) is 18.5. The van der Waals surface area contributed by atoms with E-state index in [1.807, 2.05) is 31.2 Å². The minimum absolute atomic E-state index is 0.198. The van der Waals surface area contributed by atoms with Crippen LogP contribution in [0.4, 0.5) is 11.4 Å². The molecule has 0 aliphatic rings. The van der Waals surface area contributed by atoms with E-state index in [2.05, 4.69) is 26.6 Å². The van der Waals surface area contributed by atoms with Crippen LogP contribution < -0.4 is 10.6 Å². The Hall–Kier alpha value is -2.92. The predicted molar refractivity (Wildman–Crippen MR) is 108 cm³/mol. The fourth-order valence-electron chi connectivity index (χ4n) is 2.40. The largest absolute Gasteiger partial charge is 0.322 e. The molecule has 0 atom stereocenters. The first-order valence-electron chi connectivity index (χ1n) is 8.07. The number of carbonyl (C=O) groups is 2. The summed E-state index contributed by atoms with van der Waals surface area (Å²) in [5.41, 5.74) is 3.42. The van der Waals surface area contributed by atoms with Crippen LogP contribution in [0.25, 0.3) is 0 Å². The van der Waals surface area contributed by atoms with Crippen molar-refractivity contribution in [1.82, 2.24) is 0 Å². The highest BCUT2D eigenvalue weighted by Gasteiger charge is 2.09. The van der Waals surface area contributed by atoms with Gasteiger partial charge in [0.05, 0.1) is 0 Å². The Bertz CT molecular complexity index is 955. The first kappa shape index (κ1) is 17.9. The second kappa shape index (κ2) is 7.97. The van der Waals surface area contributed by atoms with Crippen LogP contribution in [0.5, 0.6) is 0 Å². The Morgan fingerprint density at radius 2 is 1.35 bits per heavy atom. The molecule has 0 aliphatic carbocycles. The van der Waals surface area contributed by atoms with E-state index in [0.29, 0.717) is 22.5 Å². The molecule has 0 saturated heterocycles. The van der Waals surface area contributed by atoms with Crippen molar-refractivity contribution in [2.24, 2.45) is 0 Å². The van der Waals surface area contributed by atoms with E-state index in [1.165, 1.54) is 0 Å². The molecule has 2 amide bonds. The van der Waals surface area contributed by atoms with Crippen LogP contribution in [0.15, 0.2) is 77.3 Å². The summed E-state index contributed by atoms with van der Waals surface area (Å²) in [6.07, 6.45) is 0. The highest BCUT2D eigenvalue weighted by molar-refractivity contribution is 9.10. The number of halogens is 1. The van der Waals surface area contributed by atoms with Crippen LogP contribution in [0.1, 0.15) is 26.3 Å². The van der Waals surface area contributed by atoms with Crippen molar-refractivity contribution in [3.8, 4) is 0 Å². The molecule has 0 saturated carbocycles. The molecule has 3 aromatic carbocycles. The van der Waals surface area contributed by atoms with E-state index in [4.69, 9.17) is 0 Å². The lowest BCUT2D eigenvalue weighted by molar-refractivity contribution is 0.101. The van der Waals surface area contributed by atoms with Gasteiger partial charge in [0.2, 0.25) is 0 Å². The molecule has 0 radical (unpaired) electrons. The van der Waals surface area contributed by atoms with E-state index in [-0.39, 0.29) is 11.8 Å². The lowest BCUT2D eigenvalue weighted by atomic mass is 10.1. The average Bonchev–Trinajstić information content (AvgIpc) is 2.65. The van der Waals surface area contributed by atoms with E-state index >= 15 is 0 Å². The molecule has 0 aromatic heterocycles. The summed E-state index contributed by atoms with van der Waals surface area (Å²) >= 11 is 3.43. The molecule has 4 nitrogen and oxygen atoms in total. The Kier molecular flexibility index (Phi) is 5.49. The number of amides is 2. The number of rotatable bonds is 4. The first-order chi connectivity index (χ1) is 12.5. The van der Waals surface area contributed by atoms with Gasteiger partial charge in [-0.25, -0.2) is 0 Å². The molecular weight excluding hydrogens is 392 g/mol. The lowest BCUT2D eigenvalue weighted by Gasteiger charge is -2.10. The molecule has 0 heterocycles. The summed E-state index contributed by atoms with van der Waals surface area (Å²) in [5.74, 6) is -0.409. The average molecular weight is 409 g/mol.